The first-order chi connectivity index (χ1) is 14.4. The van der Waals surface area contributed by atoms with E-state index in [0.29, 0.717) is 10.4 Å². The molecule has 8 nitrogen and oxygen atoms in total. The Kier molecular flexibility index (Phi) is 5.33. The van der Waals surface area contributed by atoms with Crippen molar-refractivity contribution in [3.05, 3.63) is 42.2 Å². The maximum atomic E-state index is 13.0. The maximum Gasteiger partial charge on any atom is 0.453 e. The van der Waals surface area contributed by atoms with E-state index in [9.17, 15) is 13.2 Å². The van der Waals surface area contributed by atoms with Crippen molar-refractivity contribution in [3.8, 4) is 11.5 Å². The summed E-state index contributed by atoms with van der Waals surface area (Å²) in [5.41, 5.74) is 1.82. The summed E-state index contributed by atoms with van der Waals surface area (Å²) in [6.07, 6.45) is -4.66. The van der Waals surface area contributed by atoms with Crippen LogP contribution in [-0.4, -0.2) is 43.1 Å². The molecule has 30 heavy (non-hydrogen) atoms. The number of hydrogen-bond acceptors (Lipinski definition) is 8. The first-order valence-electron chi connectivity index (χ1n) is 9.05. The topological polar surface area (TPSA) is 85.2 Å². The third-order valence-electron chi connectivity index (χ3n) is 4.33. The van der Waals surface area contributed by atoms with E-state index in [1.165, 1.54) is 12.1 Å². The molecule has 1 aromatic carbocycles. The normalized spacial score (nSPS) is 11.9. The lowest BCUT2D eigenvalue weighted by atomic mass is 10.2. The molecule has 0 N–H and O–H groups in total. The molecule has 0 fully saturated rings. The predicted octanol–water partition coefficient (Wildman–Crippen LogP) is 4.19. The molecule has 3 heterocycles. The molecule has 0 aliphatic carbocycles. The summed E-state index contributed by atoms with van der Waals surface area (Å²) in [6, 6.07) is 10.6. The minimum absolute atomic E-state index is 0.00816. The van der Waals surface area contributed by atoms with E-state index in [4.69, 9.17) is 4.42 Å². The number of aromatic nitrogens is 6. The summed E-state index contributed by atoms with van der Waals surface area (Å²) >= 11 is 0.953. The van der Waals surface area contributed by atoms with Gasteiger partial charge in [-0.25, -0.2) is 0 Å². The number of halogens is 3. The first kappa shape index (κ1) is 20.1. The smallest absolute Gasteiger partial charge is 0.411 e. The minimum Gasteiger partial charge on any atom is -0.411 e. The molecule has 3 aromatic heterocycles. The number of hydrogen-bond donors (Lipinski definition) is 0. The van der Waals surface area contributed by atoms with Gasteiger partial charge >= 0.3 is 6.18 Å². The zero-order valence-electron chi connectivity index (χ0n) is 16.0. The summed E-state index contributed by atoms with van der Waals surface area (Å²) < 4.78 is 45.3. The van der Waals surface area contributed by atoms with E-state index < -0.39 is 12.0 Å². The molecule has 12 heteroatoms. The Balaban J connectivity index is 1.55. The quantitative estimate of drug-likeness (QED) is 0.446. The Hall–Kier alpha value is -3.15. The van der Waals surface area contributed by atoms with Crippen LogP contribution in [0.1, 0.15) is 19.7 Å². The molecule has 156 valence electrons. The average molecular weight is 435 g/mol. The fourth-order valence-corrected chi connectivity index (χ4v) is 3.50. The fraction of sp³-hybridized carbons (Fsp3) is 0.278. The Morgan fingerprint density at radius 2 is 1.70 bits per heavy atom. The summed E-state index contributed by atoms with van der Waals surface area (Å²) in [6.45, 7) is 5.97. The number of benzene rings is 1. The van der Waals surface area contributed by atoms with Crippen LogP contribution in [-0.2, 0) is 6.18 Å². The highest BCUT2D eigenvalue weighted by Gasteiger charge is 2.37. The van der Waals surface area contributed by atoms with E-state index in [0.717, 1.165) is 36.1 Å². The third kappa shape index (κ3) is 3.95. The second kappa shape index (κ2) is 7.94. The van der Waals surface area contributed by atoms with Crippen LogP contribution in [0.3, 0.4) is 0 Å². The van der Waals surface area contributed by atoms with E-state index in [-0.39, 0.29) is 15.9 Å². The van der Waals surface area contributed by atoms with E-state index in [2.05, 4.69) is 44.2 Å². The number of rotatable bonds is 6. The number of alkyl halides is 3. The van der Waals surface area contributed by atoms with Crippen molar-refractivity contribution in [1.29, 1.82) is 0 Å². The van der Waals surface area contributed by atoms with Gasteiger partial charge in [0.15, 0.2) is 5.65 Å². The van der Waals surface area contributed by atoms with Crippen LogP contribution in [0.4, 0.5) is 18.9 Å². The van der Waals surface area contributed by atoms with Crippen LogP contribution in [0.5, 0.6) is 0 Å². The number of anilines is 1. The molecule has 0 aliphatic heterocycles. The molecule has 0 spiro atoms. The molecule has 0 atom stereocenters. The lowest BCUT2D eigenvalue weighted by molar-refractivity contribution is -0.146. The maximum absolute atomic E-state index is 13.0. The largest absolute Gasteiger partial charge is 0.453 e. The zero-order chi connectivity index (χ0) is 21.3. The van der Waals surface area contributed by atoms with Gasteiger partial charge < -0.3 is 9.32 Å². The molecule has 0 saturated heterocycles. The van der Waals surface area contributed by atoms with Gasteiger partial charge in [-0.3, -0.25) is 0 Å². The summed E-state index contributed by atoms with van der Waals surface area (Å²) in [5.74, 6) is -0.885. The monoisotopic (exact) mass is 435 g/mol. The van der Waals surface area contributed by atoms with Gasteiger partial charge in [0.2, 0.25) is 5.89 Å². The average Bonchev–Trinajstić information content (AvgIpc) is 3.36. The van der Waals surface area contributed by atoms with Crippen molar-refractivity contribution in [2.45, 2.75) is 30.3 Å². The Labute approximate surface area is 173 Å². The number of nitrogens with zero attached hydrogens (tertiary/aromatic N) is 7. The first-order valence-corrected chi connectivity index (χ1v) is 9.87. The molecule has 0 saturated carbocycles. The Morgan fingerprint density at radius 1 is 0.967 bits per heavy atom. The molecule has 4 rings (SSSR count). The molecule has 4 aromatic rings. The van der Waals surface area contributed by atoms with Crippen LogP contribution in [0.2, 0.25) is 0 Å². The van der Waals surface area contributed by atoms with Crippen LogP contribution in [0.25, 0.3) is 17.1 Å². The van der Waals surface area contributed by atoms with Gasteiger partial charge in [-0.15, -0.1) is 20.4 Å². The van der Waals surface area contributed by atoms with Gasteiger partial charge in [0.1, 0.15) is 5.03 Å². The van der Waals surface area contributed by atoms with Crippen molar-refractivity contribution >= 4 is 23.1 Å². The summed E-state index contributed by atoms with van der Waals surface area (Å²) in [5, 5.41) is 18.9. The van der Waals surface area contributed by atoms with Gasteiger partial charge in [-0.1, -0.05) is 0 Å². The molecule has 0 aliphatic rings. The summed E-state index contributed by atoms with van der Waals surface area (Å²) in [4.78, 5) is 2.21. The van der Waals surface area contributed by atoms with Gasteiger partial charge in [0, 0.05) is 24.3 Å². The second-order valence-electron chi connectivity index (χ2n) is 6.16. The van der Waals surface area contributed by atoms with Crippen molar-refractivity contribution in [1.82, 2.24) is 30.0 Å². The third-order valence-corrected chi connectivity index (χ3v) is 5.10. The zero-order valence-corrected chi connectivity index (χ0v) is 16.8. The lowest BCUT2D eigenvalue weighted by Crippen LogP contribution is -2.21. The highest BCUT2D eigenvalue weighted by atomic mass is 32.2. The standard InChI is InChI=1S/C18H16F3N7OS/c1-3-27(4-2)12-7-5-11(6-8-12)15-23-25-17(29-15)30-14-10-9-13-22-24-16(18(19,20)21)28(13)26-14/h5-10H,3-4H2,1-2H3. The Bertz CT molecular complexity index is 1150. The fourth-order valence-electron chi connectivity index (χ4n) is 2.86. The van der Waals surface area contributed by atoms with Crippen molar-refractivity contribution in [3.63, 3.8) is 0 Å². The van der Waals surface area contributed by atoms with Crippen molar-refractivity contribution in [2.24, 2.45) is 0 Å². The highest BCUT2D eigenvalue weighted by molar-refractivity contribution is 7.99. The van der Waals surface area contributed by atoms with Crippen molar-refractivity contribution in [2.75, 3.05) is 18.0 Å². The van der Waals surface area contributed by atoms with E-state index in [1.807, 2.05) is 24.3 Å². The SMILES string of the molecule is CCN(CC)c1ccc(-c2nnc(Sc3ccc4nnc(C(F)(F)F)n4n3)o2)cc1. The van der Waals surface area contributed by atoms with Crippen LogP contribution in [0, 0.1) is 0 Å². The van der Waals surface area contributed by atoms with Gasteiger partial charge in [-0.05, 0) is 62.0 Å². The van der Waals surface area contributed by atoms with Crippen molar-refractivity contribution < 1.29 is 17.6 Å². The van der Waals surface area contributed by atoms with Crippen LogP contribution < -0.4 is 4.90 Å². The molecule has 0 radical (unpaired) electrons. The highest BCUT2D eigenvalue weighted by Crippen LogP contribution is 2.31. The van der Waals surface area contributed by atoms with Crippen LogP contribution >= 0.6 is 11.8 Å². The lowest BCUT2D eigenvalue weighted by Gasteiger charge is -2.20. The predicted molar refractivity (Wildman–Crippen MR) is 103 cm³/mol. The van der Waals surface area contributed by atoms with E-state index >= 15 is 0 Å². The molecular formula is C18H16F3N7OS. The molecule has 0 amide bonds. The second-order valence-corrected chi connectivity index (χ2v) is 7.13. The molecular weight excluding hydrogens is 419 g/mol. The van der Waals surface area contributed by atoms with Gasteiger partial charge in [0.05, 0.1) is 0 Å². The Morgan fingerprint density at radius 3 is 2.37 bits per heavy atom. The van der Waals surface area contributed by atoms with Crippen LogP contribution in [0.15, 0.2) is 51.1 Å². The minimum atomic E-state index is -4.66. The summed E-state index contributed by atoms with van der Waals surface area (Å²) in [7, 11) is 0. The van der Waals surface area contributed by atoms with E-state index in [1.54, 1.807) is 0 Å². The molecule has 0 unspecified atom stereocenters. The molecule has 0 bridgehead atoms. The number of fused-ring (bicyclic) bond motifs is 1. The van der Waals surface area contributed by atoms with Gasteiger partial charge in [0.25, 0.3) is 11.0 Å². The van der Waals surface area contributed by atoms with Gasteiger partial charge in [-0.2, -0.15) is 22.8 Å².